The number of carbonyl (C=O) groups is 1. The standard InChI is InChI=1S/C22H20N2O6S/c1-13(24-16-6-4-5-7-17(16)30-22(24)26)21(25)29-11-15-12-31-20(23-15)14-8-9-18(27-2)19(10-14)28-3/h4-10,12-13H,11H2,1-3H3. The SMILES string of the molecule is COc1ccc(-c2nc(COC(=O)C(C)n3c(=O)oc4ccccc43)cs2)cc1OC. The number of methoxy groups -OCH3 is 2. The van der Waals surface area contributed by atoms with Crippen molar-refractivity contribution in [3.8, 4) is 22.1 Å². The average molecular weight is 440 g/mol. The van der Waals surface area contributed by atoms with Crippen LogP contribution < -0.4 is 15.2 Å². The largest absolute Gasteiger partial charge is 0.493 e. The van der Waals surface area contributed by atoms with Gasteiger partial charge in [0.1, 0.15) is 17.7 Å². The molecule has 0 N–H and O–H groups in total. The minimum Gasteiger partial charge on any atom is -0.493 e. The van der Waals surface area contributed by atoms with Gasteiger partial charge in [0.05, 0.1) is 25.4 Å². The van der Waals surface area contributed by atoms with E-state index in [1.165, 1.54) is 15.9 Å². The first-order valence-corrected chi connectivity index (χ1v) is 10.3. The van der Waals surface area contributed by atoms with Gasteiger partial charge in [-0.2, -0.15) is 0 Å². The molecule has 0 saturated carbocycles. The lowest BCUT2D eigenvalue weighted by atomic mass is 10.2. The number of rotatable bonds is 7. The van der Waals surface area contributed by atoms with Crippen LogP contribution in [-0.4, -0.2) is 29.7 Å². The Bertz CT molecular complexity index is 1290. The Labute approximate surface area is 181 Å². The van der Waals surface area contributed by atoms with Gasteiger partial charge < -0.3 is 18.6 Å². The molecule has 4 aromatic rings. The molecule has 0 radical (unpaired) electrons. The molecule has 0 aliphatic carbocycles. The summed E-state index contributed by atoms with van der Waals surface area (Å²) in [6.45, 7) is 1.60. The molecular weight excluding hydrogens is 420 g/mol. The number of esters is 1. The second kappa shape index (κ2) is 8.65. The number of ether oxygens (including phenoxy) is 3. The van der Waals surface area contributed by atoms with Crippen LogP contribution >= 0.6 is 11.3 Å². The quantitative estimate of drug-likeness (QED) is 0.401. The van der Waals surface area contributed by atoms with Crippen LogP contribution in [0, 0.1) is 0 Å². The predicted molar refractivity (Wildman–Crippen MR) is 116 cm³/mol. The molecule has 0 aliphatic heterocycles. The highest BCUT2D eigenvalue weighted by molar-refractivity contribution is 7.13. The fraction of sp³-hybridized carbons (Fsp3) is 0.227. The van der Waals surface area contributed by atoms with Gasteiger partial charge >= 0.3 is 11.7 Å². The van der Waals surface area contributed by atoms with Crippen molar-refractivity contribution in [3.05, 3.63) is 64.1 Å². The maximum Gasteiger partial charge on any atom is 0.420 e. The third-order valence-corrected chi connectivity index (χ3v) is 5.73. The summed E-state index contributed by atoms with van der Waals surface area (Å²) in [7, 11) is 3.15. The maximum absolute atomic E-state index is 12.6. The topological polar surface area (TPSA) is 92.8 Å². The second-order valence-corrected chi connectivity index (χ2v) is 7.56. The van der Waals surface area contributed by atoms with Crippen LogP contribution in [0.25, 0.3) is 21.7 Å². The van der Waals surface area contributed by atoms with Crippen molar-refractivity contribution < 1.29 is 23.4 Å². The van der Waals surface area contributed by atoms with Crippen molar-refractivity contribution in [2.75, 3.05) is 14.2 Å². The number of hydrogen-bond donors (Lipinski definition) is 0. The molecule has 0 saturated heterocycles. The van der Waals surface area contributed by atoms with E-state index in [0.29, 0.717) is 28.3 Å². The van der Waals surface area contributed by atoms with Crippen LogP contribution in [-0.2, 0) is 16.1 Å². The van der Waals surface area contributed by atoms with Crippen molar-refractivity contribution in [2.24, 2.45) is 0 Å². The summed E-state index contributed by atoms with van der Waals surface area (Å²) in [6, 6.07) is 11.6. The molecule has 2 aromatic heterocycles. The van der Waals surface area contributed by atoms with Crippen LogP contribution in [0.2, 0.25) is 0 Å². The van der Waals surface area contributed by atoms with Gasteiger partial charge in [-0.05, 0) is 37.3 Å². The van der Waals surface area contributed by atoms with Gasteiger partial charge in [-0.3, -0.25) is 4.57 Å². The molecule has 2 heterocycles. The van der Waals surface area contributed by atoms with E-state index in [-0.39, 0.29) is 6.61 Å². The van der Waals surface area contributed by atoms with E-state index < -0.39 is 17.8 Å². The van der Waals surface area contributed by atoms with Gasteiger partial charge in [0.15, 0.2) is 17.1 Å². The molecule has 0 aliphatic rings. The first kappa shape index (κ1) is 20.7. The maximum atomic E-state index is 12.6. The van der Waals surface area contributed by atoms with Crippen LogP contribution in [0.5, 0.6) is 11.5 Å². The van der Waals surface area contributed by atoms with E-state index in [4.69, 9.17) is 18.6 Å². The van der Waals surface area contributed by atoms with Gasteiger partial charge in [0.25, 0.3) is 0 Å². The molecule has 0 bridgehead atoms. The Morgan fingerprint density at radius 3 is 2.71 bits per heavy atom. The lowest BCUT2D eigenvalue weighted by Crippen LogP contribution is -2.26. The van der Waals surface area contributed by atoms with Gasteiger partial charge in [-0.1, -0.05) is 12.1 Å². The number of benzene rings is 2. The van der Waals surface area contributed by atoms with Gasteiger partial charge in [-0.15, -0.1) is 11.3 Å². The molecule has 8 nitrogen and oxygen atoms in total. The first-order valence-electron chi connectivity index (χ1n) is 9.45. The average Bonchev–Trinajstić information content (AvgIpc) is 3.40. The van der Waals surface area contributed by atoms with Crippen LogP contribution in [0.15, 0.2) is 57.1 Å². The molecule has 0 fully saturated rings. The molecule has 0 spiro atoms. The van der Waals surface area contributed by atoms with Crippen LogP contribution in [0.4, 0.5) is 0 Å². The molecule has 160 valence electrons. The summed E-state index contributed by atoms with van der Waals surface area (Å²) < 4.78 is 22.5. The van der Waals surface area contributed by atoms with Crippen molar-refractivity contribution in [1.29, 1.82) is 0 Å². The lowest BCUT2D eigenvalue weighted by molar-refractivity contribution is -0.148. The third-order valence-electron chi connectivity index (χ3n) is 4.79. The van der Waals surface area contributed by atoms with E-state index in [1.807, 2.05) is 23.6 Å². The zero-order chi connectivity index (χ0) is 22.0. The Kier molecular flexibility index (Phi) is 5.77. The minimum atomic E-state index is -0.833. The molecule has 0 amide bonds. The van der Waals surface area contributed by atoms with E-state index in [2.05, 4.69) is 4.98 Å². The van der Waals surface area contributed by atoms with E-state index in [0.717, 1.165) is 10.6 Å². The molecule has 9 heteroatoms. The normalized spacial score (nSPS) is 12.0. The first-order chi connectivity index (χ1) is 15.0. The minimum absolute atomic E-state index is 0.00248. The zero-order valence-electron chi connectivity index (χ0n) is 17.2. The smallest absolute Gasteiger partial charge is 0.420 e. The Hall–Kier alpha value is -3.59. The van der Waals surface area contributed by atoms with Crippen molar-refractivity contribution in [3.63, 3.8) is 0 Å². The third kappa shape index (κ3) is 4.04. The summed E-state index contributed by atoms with van der Waals surface area (Å²) in [5.74, 6) is 0.0899. The molecule has 2 aromatic carbocycles. The van der Waals surface area contributed by atoms with Crippen LogP contribution in [0.1, 0.15) is 18.7 Å². The molecule has 1 atom stereocenters. The highest BCUT2D eigenvalue weighted by Crippen LogP contribution is 2.33. The highest BCUT2D eigenvalue weighted by Gasteiger charge is 2.23. The number of aromatic nitrogens is 2. The number of fused-ring (bicyclic) bond motifs is 1. The number of carbonyl (C=O) groups excluding carboxylic acids is 1. The fourth-order valence-corrected chi connectivity index (χ4v) is 4.00. The lowest BCUT2D eigenvalue weighted by Gasteiger charge is -2.11. The molecule has 1 unspecified atom stereocenters. The highest BCUT2D eigenvalue weighted by atomic mass is 32.1. The zero-order valence-corrected chi connectivity index (χ0v) is 18.0. The van der Waals surface area contributed by atoms with E-state index >= 15 is 0 Å². The number of para-hydroxylation sites is 2. The number of oxazole rings is 1. The monoisotopic (exact) mass is 440 g/mol. The van der Waals surface area contributed by atoms with Crippen molar-refractivity contribution >= 4 is 28.4 Å². The summed E-state index contributed by atoms with van der Waals surface area (Å²) in [5, 5.41) is 2.58. The Morgan fingerprint density at radius 2 is 1.94 bits per heavy atom. The summed E-state index contributed by atoms with van der Waals surface area (Å²) in [5.41, 5.74) is 2.44. The predicted octanol–water partition coefficient (Wildman–Crippen LogP) is 4.04. The summed E-state index contributed by atoms with van der Waals surface area (Å²) >= 11 is 1.43. The summed E-state index contributed by atoms with van der Waals surface area (Å²) in [6.07, 6.45) is 0. The van der Waals surface area contributed by atoms with E-state index in [9.17, 15) is 9.59 Å². The van der Waals surface area contributed by atoms with Gasteiger partial charge in [-0.25, -0.2) is 14.6 Å². The fourth-order valence-electron chi connectivity index (χ4n) is 3.20. The van der Waals surface area contributed by atoms with E-state index in [1.54, 1.807) is 45.4 Å². The van der Waals surface area contributed by atoms with Crippen LogP contribution in [0.3, 0.4) is 0 Å². The van der Waals surface area contributed by atoms with Crippen molar-refractivity contribution in [2.45, 2.75) is 19.6 Å². The number of thiazole rings is 1. The Balaban J connectivity index is 1.46. The molecular formula is C22H20N2O6S. The van der Waals surface area contributed by atoms with Crippen molar-refractivity contribution in [1.82, 2.24) is 9.55 Å². The van der Waals surface area contributed by atoms with Gasteiger partial charge in [0, 0.05) is 10.9 Å². The number of nitrogens with zero attached hydrogens (tertiary/aromatic N) is 2. The molecule has 31 heavy (non-hydrogen) atoms. The van der Waals surface area contributed by atoms with Gasteiger partial charge in [0.2, 0.25) is 0 Å². The molecule has 4 rings (SSSR count). The number of hydrogen-bond acceptors (Lipinski definition) is 8. The summed E-state index contributed by atoms with van der Waals surface area (Å²) in [4.78, 5) is 29.3. The Morgan fingerprint density at radius 1 is 1.16 bits per heavy atom. The second-order valence-electron chi connectivity index (χ2n) is 6.70.